The second-order valence-electron chi connectivity index (χ2n) is 7.31. The van der Waals surface area contributed by atoms with E-state index in [9.17, 15) is 10.1 Å². The number of methoxy groups -OCH3 is 2. The molecule has 1 atom stereocenters. The van der Waals surface area contributed by atoms with Crippen LogP contribution in [0.15, 0.2) is 78.2 Å². The molecule has 8 heteroatoms. The number of nitrogens with two attached hydrogens (primary N) is 1. The first-order valence-electron chi connectivity index (χ1n) is 10.4. The van der Waals surface area contributed by atoms with E-state index < -0.39 is 11.9 Å². The summed E-state index contributed by atoms with van der Waals surface area (Å²) < 4.78 is 27.1. The largest absolute Gasteiger partial charge is 0.497 e. The first-order valence-corrected chi connectivity index (χ1v) is 10.4. The van der Waals surface area contributed by atoms with E-state index in [0.717, 1.165) is 5.56 Å². The molecule has 1 aliphatic heterocycles. The minimum atomic E-state index is -0.604. The van der Waals surface area contributed by atoms with Gasteiger partial charge in [0.15, 0.2) is 18.1 Å². The third kappa shape index (κ3) is 4.59. The monoisotopic (exact) mass is 458 g/mol. The number of carbonyl (C=O) groups is 1. The number of nitriles is 1. The number of nitrogens with zero attached hydrogens (tertiary/aromatic N) is 1. The second-order valence-corrected chi connectivity index (χ2v) is 7.31. The molecule has 4 rings (SSSR count). The van der Waals surface area contributed by atoms with Gasteiger partial charge in [-0.3, -0.25) is 0 Å². The van der Waals surface area contributed by atoms with Gasteiger partial charge in [-0.1, -0.05) is 30.3 Å². The van der Waals surface area contributed by atoms with Gasteiger partial charge in [-0.2, -0.15) is 5.26 Å². The van der Waals surface area contributed by atoms with Crippen molar-refractivity contribution in [3.63, 3.8) is 0 Å². The van der Waals surface area contributed by atoms with Crippen LogP contribution in [-0.2, 0) is 4.79 Å². The molecule has 0 spiro atoms. The number of benzene rings is 3. The third-order valence-electron chi connectivity index (χ3n) is 5.26. The van der Waals surface area contributed by atoms with Gasteiger partial charge in [0, 0.05) is 11.6 Å². The molecule has 1 aliphatic rings. The van der Waals surface area contributed by atoms with Gasteiger partial charge < -0.3 is 29.4 Å². The van der Waals surface area contributed by atoms with Crippen LogP contribution in [0.1, 0.15) is 17.0 Å². The zero-order valence-corrected chi connectivity index (χ0v) is 18.6. The molecule has 8 nitrogen and oxygen atoms in total. The van der Waals surface area contributed by atoms with E-state index in [4.69, 9.17) is 29.4 Å². The first-order chi connectivity index (χ1) is 16.5. The number of fused-ring (bicyclic) bond motifs is 1. The molecule has 0 saturated heterocycles. The molecular weight excluding hydrogens is 436 g/mol. The van der Waals surface area contributed by atoms with Crippen LogP contribution in [0, 0.1) is 11.3 Å². The summed E-state index contributed by atoms with van der Waals surface area (Å²) in [6.45, 7) is -0.314. The second kappa shape index (κ2) is 9.88. The van der Waals surface area contributed by atoms with Gasteiger partial charge in [0.1, 0.15) is 28.9 Å². The van der Waals surface area contributed by atoms with Crippen LogP contribution in [-0.4, -0.2) is 26.8 Å². The fraction of sp³-hybridized carbons (Fsp3) is 0.154. The van der Waals surface area contributed by atoms with Crippen LogP contribution in [0.5, 0.6) is 28.7 Å². The highest BCUT2D eigenvalue weighted by atomic mass is 16.6. The van der Waals surface area contributed by atoms with E-state index >= 15 is 0 Å². The van der Waals surface area contributed by atoms with Gasteiger partial charge in [0.05, 0.1) is 20.1 Å². The Hall–Kier alpha value is -4.64. The molecule has 0 aromatic heterocycles. The molecule has 3 aromatic carbocycles. The Morgan fingerprint density at radius 3 is 2.53 bits per heavy atom. The van der Waals surface area contributed by atoms with Crippen molar-refractivity contribution in [3.8, 4) is 34.8 Å². The number of ether oxygens (including phenoxy) is 5. The van der Waals surface area contributed by atoms with Crippen molar-refractivity contribution in [2.75, 3.05) is 20.8 Å². The van der Waals surface area contributed by atoms with Crippen molar-refractivity contribution < 1.29 is 28.5 Å². The molecule has 1 heterocycles. The van der Waals surface area contributed by atoms with Crippen molar-refractivity contribution in [2.45, 2.75) is 5.92 Å². The third-order valence-corrected chi connectivity index (χ3v) is 5.26. The van der Waals surface area contributed by atoms with Crippen LogP contribution in [0.4, 0.5) is 0 Å². The molecular formula is C26H22N2O6. The van der Waals surface area contributed by atoms with Crippen LogP contribution in [0.3, 0.4) is 0 Å². The quantitative estimate of drug-likeness (QED) is 0.419. The molecule has 0 amide bonds. The maximum Gasteiger partial charge on any atom is 0.349 e. The lowest BCUT2D eigenvalue weighted by atomic mass is 9.83. The minimum absolute atomic E-state index is 0.00852. The van der Waals surface area contributed by atoms with E-state index in [1.54, 1.807) is 49.6 Å². The van der Waals surface area contributed by atoms with Gasteiger partial charge in [0.2, 0.25) is 5.88 Å². The number of carbonyl (C=O) groups excluding carboxylic acids is 1. The van der Waals surface area contributed by atoms with Crippen LogP contribution < -0.4 is 29.4 Å². The summed E-state index contributed by atoms with van der Waals surface area (Å²) in [6, 6.07) is 21.5. The maximum atomic E-state index is 12.4. The summed E-state index contributed by atoms with van der Waals surface area (Å²) in [5, 5.41) is 9.72. The molecule has 1 unspecified atom stereocenters. The highest BCUT2D eigenvalue weighted by Crippen LogP contribution is 2.44. The summed E-state index contributed by atoms with van der Waals surface area (Å²) in [6.07, 6.45) is 0. The maximum absolute atomic E-state index is 12.4. The fourth-order valence-corrected chi connectivity index (χ4v) is 3.70. The van der Waals surface area contributed by atoms with Crippen LogP contribution in [0.25, 0.3) is 0 Å². The normalized spacial score (nSPS) is 14.3. The van der Waals surface area contributed by atoms with Crippen LogP contribution in [0.2, 0.25) is 0 Å². The highest BCUT2D eigenvalue weighted by Gasteiger charge is 2.31. The Labute approximate surface area is 196 Å². The van der Waals surface area contributed by atoms with E-state index in [2.05, 4.69) is 6.07 Å². The molecule has 172 valence electrons. The predicted octanol–water partition coefficient (Wildman–Crippen LogP) is 3.91. The Balaban J connectivity index is 1.55. The predicted molar refractivity (Wildman–Crippen MR) is 123 cm³/mol. The Kier molecular flexibility index (Phi) is 6.55. The lowest BCUT2D eigenvalue weighted by Gasteiger charge is -2.27. The molecule has 3 aromatic rings. The molecule has 0 bridgehead atoms. The number of hydrogen-bond acceptors (Lipinski definition) is 8. The summed E-state index contributed by atoms with van der Waals surface area (Å²) in [5.74, 6) is 1.17. The average molecular weight is 458 g/mol. The topological polar surface area (TPSA) is 113 Å². The van der Waals surface area contributed by atoms with E-state index in [1.807, 2.05) is 24.3 Å². The minimum Gasteiger partial charge on any atom is -0.497 e. The zero-order chi connectivity index (χ0) is 24.1. The zero-order valence-electron chi connectivity index (χ0n) is 18.6. The van der Waals surface area contributed by atoms with E-state index in [0.29, 0.717) is 28.6 Å². The summed E-state index contributed by atoms with van der Waals surface area (Å²) >= 11 is 0. The Morgan fingerprint density at radius 2 is 1.79 bits per heavy atom. The van der Waals surface area contributed by atoms with Gasteiger partial charge in [-0.25, -0.2) is 4.79 Å². The number of hydrogen-bond donors (Lipinski definition) is 1. The van der Waals surface area contributed by atoms with Crippen LogP contribution >= 0.6 is 0 Å². The van der Waals surface area contributed by atoms with Crippen molar-refractivity contribution in [2.24, 2.45) is 5.73 Å². The van der Waals surface area contributed by atoms with E-state index in [1.165, 1.54) is 7.11 Å². The molecule has 0 fully saturated rings. The molecule has 2 N–H and O–H groups in total. The summed E-state index contributed by atoms with van der Waals surface area (Å²) in [5.41, 5.74) is 7.88. The lowest BCUT2D eigenvalue weighted by Crippen LogP contribution is -2.21. The summed E-state index contributed by atoms with van der Waals surface area (Å²) in [4.78, 5) is 12.4. The highest BCUT2D eigenvalue weighted by molar-refractivity contribution is 5.74. The van der Waals surface area contributed by atoms with Crippen molar-refractivity contribution >= 4 is 5.97 Å². The number of esters is 1. The molecule has 34 heavy (non-hydrogen) atoms. The lowest BCUT2D eigenvalue weighted by molar-refractivity contribution is -0.136. The van der Waals surface area contributed by atoms with E-state index in [-0.39, 0.29) is 23.8 Å². The van der Waals surface area contributed by atoms with Gasteiger partial charge in [0.25, 0.3) is 0 Å². The number of para-hydroxylation sites is 2. The molecule has 0 radical (unpaired) electrons. The van der Waals surface area contributed by atoms with Crippen molar-refractivity contribution in [3.05, 3.63) is 89.3 Å². The van der Waals surface area contributed by atoms with Gasteiger partial charge in [-0.05, 0) is 35.9 Å². The van der Waals surface area contributed by atoms with Gasteiger partial charge >= 0.3 is 5.97 Å². The summed E-state index contributed by atoms with van der Waals surface area (Å²) in [7, 11) is 3.09. The van der Waals surface area contributed by atoms with Crippen molar-refractivity contribution in [1.29, 1.82) is 5.26 Å². The number of rotatable bonds is 7. The van der Waals surface area contributed by atoms with Crippen molar-refractivity contribution in [1.82, 2.24) is 0 Å². The first kappa shape index (κ1) is 22.6. The Morgan fingerprint density at radius 1 is 1.00 bits per heavy atom. The molecule has 0 aliphatic carbocycles. The average Bonchev–Trinajstić information content (AvgIpc) is 2.86. The SMILES string of the molecule is COc1cccc(C2C(C#N)=C(N)Oc3cc(OC(=O)COc4ccccc4OC)ccc32)c1. The molecule has 0 saturated carbocycles. The van der Waals surface area contributed by atoms with Gasteiger partial charge in [-0.15, -0.1) is 0 Å². The smallest absolute Gasteiger partial charge is 0.349 e. The fourth-order valence-electron chi connectivity index (χ4n) is 3.70. The Bertz CT molecular complexity index is 1290. The number of allylic oxidation sites excluding steroid dienone is 1. The standard InChI is InChI=1S/C26H22N2O6/c1-30-17-7-5-6-16(12-17)25-19-11-10-18(13-23(19)34-26(28)20(25)14-27)33-24(29)15-32-22-9-4-3-8-21(22)31-2/h3-13,25H,15,28H2,1-2H3.